The molecule has 10 nitrogen and oxygen atoms in total. The highest BCUT2D eigenvalue weighted by Crippen LogP contribution is 2.18. The van der Waals surface area contributed by atoms with Crippen LogP contribution in [0.4, 0.5) is 0 Å². The lowest BCUT2D eigenvalue weighted by Crippen LogP contribution is -2.26. The van der Waals surface area contributed by atoms with Crippen LogP contribution >= 0.6 is 11.6 Å². The van der Waals surface area contributed by atoms with Gasteiger partial charge in [-0.15, -0.1) is 0 Å². The molecule has 4 heterocycles. The van der Waals surface area contributed by atoms with Gasteiger partial charge in [-0.25, -0.2) is 24.9 Å². The van der Waals surface area contributed by atoms with Crippen molar-refractivity contribution in [2.75, 3.05) is 0 Å². The van der Waals surface area contributed by atoms with E-state index >= 15 is 0 Å². The molecule has 0 radical (unpaired) electrons. The minimum absolute atomic E-state index is 0.128. The number of nitrogens with one attached hydrogen (secondary N) is 2. The van der Waals surface area contributed by atoms with Crippen molar-refractivity contribution in [1.82, 2.24) is 40.5 Å². The molecular weight excluding hydrogens is 500 g/mol. The molecule has 2 N–H and O–H groups in total. The first-order chi connectivity index (χ1) is 18.5. The van der Waals surface area contributed by atoms with Gasteiger partial charge in [-0.05, 0) is 50.2 Å². The first-order valence-electron chi connectivity index (χ1n) is 11.9. The number of rotatable bonds is 10. The van der Waals surface area contributed by atoms with Crippen LogP contribution in [0.2, 0.25) is 5.15 Å². The number of nitrogens with zero attached hydrogens (tertiary/aromatic N) is 8. The fourth-order valence-corrected chi connectivity index (χ4v) is 3.96. The SMILES string of the molecule is Cc1nc(CN[C@H](C)c2nccc(C[C@@H](NCc3ccc(C#N)c(Cl)n3)c3ncccn3)n2)ccc1C#N. The van der Waals surface area contributed by atoms with Gasteiger partial charge in [-0.2, -0.15) is 10.5 Å². The Morgan fingerprint density at radius 2 is 1.45 bits per heavy atom. The van der Waals surface area contributed by atoms with Crippen LogP contribution in [-0.4, -0.2) is 29.9 Å². The van der Waals surface area contributed by atoms with Crippen LogP contribution in [0.1, 0.15) is 64.6 Å². The van der Waals surface area contributed by atoms with Crippen LogP contribution in [0.3, 0.4) is 0 Å². The Kier molecular flexibility index (Phi) is 8.96. The van der Waals surface area contributed by atoms with Crippen molar-refractivity contribution in [2.45, 2.75) is 45.4 Å². The molecule has 0 bridgehead atoms. The molecule has 11 heteroatoms. The van der Waals surface area contributed by atoms with E-state index in [9.17, 15) is 0 Å². The van der Waals surface area contributed by atoms with Crippen molar-refractivity contribution in [3.8, 4) is 12.1 Å². The van der Waals surface area contributed by atoms with Crippen molar-refractivity contribution in [3.05, 3.63) is 106 Å². The van der Waals surface area contributed by atoms with E-state index in [1.54, 1.807) is 42.9 Å². The Labute approximate surface area is 225 Å². The van der Waals surface area contributed by atoms with E-state index in [0.29, 0.717) is 53.7 Å². The number of hydrogen-bond donors (Lipinski definition) is 2. The van der Waals surface area contributed by atoms with Gasteiger partial charge < -0.3 is 10.6 Å². The van der Waals surface area contributed by atoms with Crippen molar-refractivity contribution < 1.29 is 0 Å². The van der Waals surface area contributed by atoms with E-state index in [0.717, 1.165) is 11.4 Å². The number of nitriles is 2. The zero-order chi connectivity index (χ0) is 26.9. The summed E-state index contributed by atoms with van der Waals surface area (Å²) in [5, 5.41) is 25.2. The number of pyridine rings is 2. The molecule has 4 rings (SSSR count). The summed E-state index contributed by atoms with van der Waals surface area (Å²) in [4.78, 5) is 26.9. The lowest BCUT2D eigenvalue weighted by atomic mass is 10.1. The fourth-order valence-electron chi connectivity index (χ4n) is 3.75. The Morgan fingerprint density at radius 3 is 2.13 bits per heavy atom. The van der Waals surface area contributed by atoms with Crippen LogP contribution in [0.25, 0.3) is 0 Å². The molecule has 38 heavy (non-hydrogen) atoms. The molecule has 0 aliphatic carbocycles. The third kappa shape index (κ3) is 6.90. The minimum atomic E-state index is -0.246. The van der Waals surface area contributed by atoms with E-state index in [1.807, 2.05) is 32.0 Å². The maximum Gasteiger partial charge on any atom is 0.147 e. The maximum absolute atomic E-state index is 9.11. The van der Waals surface area contributed by atoms with Gasteiger partial charge in [0.15, 0.2) is 0 Å². The van der Waals surface area contributed by atoms with Gasteiger partial charge in [0.05, 0.1) is 40.3 Å². The van der Waals surface area contributed by atoms with Crippen LogP contribution in [0.15, 0.2) is 55.0 Å². The molecule has 0 aliphatic heterocycles. The lowest BCUT2D eigenvalue weighted by molar-refractivity contribution is 0.489. The standard InChI is InChI=1S/C27H25ClN10/c1-17-19(13-29)4-6-22(36-17)15-34-18(2)26-33-11-8-21(38-26)12-24(27-31-9-3-10-32-27)35-16-23-7-5-20(14-30)25(28)37-23/h3-11,18,24,34-35H,12,15-16H2,1-2H3/t18-,24-/m1/s1. The van der Waals surface area contributed by atoms with Crippen molar-refractivity contribution in [3.63, 3.8) is 0 Å². The van der Waals surface area contributed by atoms with Crippen molar-refractivity contribution in [2.24, 2.45) is 0 Å². The highest BCUT2D eigenvalue weighted by molar-refractivity contribution is 6.30. The summed E-state index contributed by atoms with van der Waals surface area (Å²) >= 11 is 6.10. The first-order valence-corrected chi connectivity index (χ1v) is 12.3. The topological polar surface area (TPSA) is 149 Å². The monoisotopic (exact) mass is 524 g/mol. The number of halogens is 1. The Morgan fingerprint density at radius 1 is 0.789 bits per heavy atom. The van der Waals surface area contributed by atoms with E-state index < -0.39 is 0 Å². The van der Waals surface area contributed by atoms with E-state index in [1.165, 1.54) is 0 Å². The summed E-state index contributed by atoms with van der Waals surface area (Å²) in [6.45, 7) is 4.74. The normalized spacial score (nSPS) is 12.3. The predicted molar refractivity (Wildman–Crippen MR) is 140 cm³/mol. The molecule has 4 aromatic heterocycles. The molecular formula is C27H25ClN10. The molecule has 0 amide bonds. The second-order valence-electron chi connectivity index (χ2n) is 8.55. The van der Waals surface area contributed by atoms with Crippen molar-refractivity contribution >= 4 is 11.6 Å². The third-order valence-corrected chi connectivity index (χ3v) is 6.13. The van der Waals surface area contributed by atoms with Gasteiger partial charge in [-0.1, -0.05) is 11.6 Å². The van der Waals surface area contributed by atoms with Gasteiger partial charge in [0.1, 0.15) is 28.9 Å². The smallest absolute Gasteiger partial charge is 0.147 e. The molecule has 0 saturated heterocycles. The van der Waals surface area contributed by atoms with Crippen molar-refractivity contribution in [1.29, 1.82) is 10.5 Å². The van der Waals surface area contributed by atoms with Gasteiger partial charge in [0.2, 0.25) is 0 Å². The van der Waals surface area contributed by atoms with Crippen LogP contribution in [-0.2, 0) is 19.5 Å². The van der Waals surface area contributed by atoms with Crippen LogP contribution in [0.5, 0.6) is 0 Å². The quantitative estimate of drug-likeness (QED) is 0.294. The molecule has 190 valence electrons. The number of aryl methyl sites for hydroxylation is 1. The van der Waals surface area contributed by atoms with Crippen LogP contribution in [0, 0.1) is 29.6 Å². The van der Waals surface area contributed by atoms with Gasteiger partial charge in [-0.3, -0.25) is 4.98 Å². The predicted octanol–water partition coefficient (Wildman–Crippen LogP) is 3.69. The fraction of sp³-hybridized carbons (Fsp3) is 0.259. The number of hydrogen-bond acceptors (Lipinski definition) is 10. The van der Waals surface area contributed by atoms with Gasteiger partial charge in [0, 0.05) is 43.8 Å². The zero-order valence-electron chi connectivity index (χ0n) is 20.9. The maximum atomic E-state index is 9.11. The molecule has 2 atom stereocenters. The van der Waals surface area contributed by atoms with E-state index in [-0.39, 0.29) is 17.2 Å². The number of aromatic nitrogens is 6. The zero-order valence-corrected chi connectivity index (χ0v) is 21.7. The average molecular weight is 525 g/mol. The summed E-state index contributed by atoms with van der Waals surface area (Å²) in [5.41, 5.74) is 3.97. The molecule has 4 aromatic rings. The van der Waals surface area contributed by atoms with Crippen LogP contribution < -0.4 is 10.6 Å². The Hall–Kier alpha value is -4.35. The average Bonchev–Trinajstić information content (AvgIpc) is 2.94. The largest absolute Gasteiger partial charge is 0.302 e. The highest BCUT2D eigenvalue weighted by atomic mass is 35.5. The summed E-state index contributed by atoms with van der Waals surface area (Å²) in [5.74, 6) is 1.28. The summed E-state index contributed by atoms with van der Waals surface area (Å²) in [6, 6.07) is 14.5. The molecule has 0 aliphatic rings. The first kappa shape index (κ1) is 26.7. The minimum Gasteiger partial charge on any atom is -0.302 e. The van der Waals surface area contributed by atoms with E-state index in [4.69, 9.17) is 27.1 Å². The Balaban J connectivity index is 1.45. The molecule has 0 aromatic carbocycles. The summed E-state index contributed by atoms with van der Waals surface area (Å²) in [7, 11) is 0. The van der Waals surface area contributed by atoms with Gasteiger partial charge >= 0.3 is 0 Å². The van der Waals surface area contributed by atoms with E-state index in [2.05, 4.69) is 41.6 Å². The third-order valence-electron chi connectivity index (χ3n) is 5.84. The summed E-state index contributed by atoms with van der Waals surface area (Å²) in [6.07, 6.45) is 5.66. The van der Waals surface area contributed by atoms with Gasteiger partial charge in [0.25, 0.3) is 0 Å². The molecule has 0 spiro atoms. The second-order valence-corrected chi connectivity index (χ2v) is 8.91. The highest BCUT2D eigenvalue weighted by Gasteiger charge is 2.18. The molecule has 0 saturated carbocycles. The second kappa shape index (κ2) is 12.7. The molecule has 0 unspecified atom stereocenters. The summed E-state index contributed by atoms with van der Waals surface area (Å²) < 4.78 is 0. The molecule has 0 fully saturated rings. The lowest BCUT2D eigenvalue weighted by Gasteiger charge is -2.18. The Bertz CT molecular complexity index is 1480.